The number of piperidine rings is 1. The number of hydrogen-bond donors (Lipinski definition) is 1. The fraction of sp³-hybridized carbons (Fsp3) is 0.688. The normalized spacial score (nSPS) is 16.3. The molecule has 7 heteroatoms. The number of nitrogens with zero attached hydrogens (tertiary/aromatic N) is 3. The van der Waals surface area contributed by atoms with Crippen LogP contribution in [0.2, 0.25) is 0 Å². The van der Waals surface area contributed by atoms with E-state index in [1.54, 1.807) is 6.92 Å². The van der Waals surface area contributed by atoms with Gasteiger partial charge in [0, 0.05) is 25.2 Å². The summed E-state index contributed by atoms with van der Waals surface area (Å²) in [5.41, 5.74) is 1.92. The molecule has 1 aliphatic rings. The van der Waals surface area contributed by atoms with E-state index in [2.05, 4.69) is 26.3 Å². The molecule has 1 N–H and O–H groups in total. The minimum atomic E-state index is -0.465. The number of halogens is 1. The Bertz CT molecular complexity index is 579. The van der Waals surface area contributed by atoms with Crippen molar-refractivity contribution in [2.75, 3.05) is 13.1 Å². The molecular weight excluding hydrogens is 360 g/mol. The Kier molecular flexibility index (Phi) is 6.21. The van der Waals surface area contributed by atoms with E-state index in [1.165, 1.54) is 6.42 Å². The number of rotatable bonds is 5. The summed E-state index contributed by atoms with van der Waals surface area (Å²) in [4.78, 5) is 26.2. The van der Waals surface area contributed by atoms with Crippen LogP contribution >= 0.6 is 15.9 Å². The highest BCUT2D eigenvalue weighted by Gasteiger charge is 2.23. The van der Waals surface area contributed by atoms with Crippen molar-refractivity contribution < 1.29 is 9.59 Å². The van der Waals surface area contributed by atoms with Crippen LogP contribution in [0.3, 0.4) is 0 Å². The van der Waals surface area contributed by atoms with Gasteiger partial charge in [-0.3, -0.25) is 14.3 Å². The average molecular weight is 385 g/mol. The van der Waals surface area contributed by atoms with Crippen molar-refractivity contribution in [2.45, 2.75) is 59.0 Å². The fourth-order valence-electron chi connectivity index (χ4n) is 2.86. The van der Waals surface area contributed by atoms with E-state index >= 15 is 0 Å². The Labute approximate surface area is 145 Å². The van der Waals surface area contributed by atoms with E-state index in [-0.39, 0.29) is 11.8 Å². The van der Waals surface area contributed by atoms with Gasteiger partial charge in [0.05, 0.1) is 16.7 Å². The van der Waals surface area contributed by atoms with Gasteiger partial charge in [-0.1, -0.05) is 0 Å². The van der Waals surface area contributed by atoms with Crippen LogP contribution in [0.5, 0.6) is 0 Å². The van der Waals surface area contributed by atoms with E-state index in [1.807, 2.05) is 23.4 Å². The van der Waals surface area contributed by atoms with Crippen LogP contribution in [0.1, 0.15) is 44.0 Å². The van der Waals surface area contributed by atoms with Crippen molar-refractivity contribution in [1.82, 2.24) is 20.0 Å². The van der Waals surface area contributed by atoms with Crippen molar-refractivity contribution in [3.63, 3.8) is 0 Å². The zero-order valence-corrected chi connectivity index (χ0v) is 15.6. The summed E-state index contributed by atoms with van der Waals surface area (Å²) in [6.07, 6.45) is 3.60. The quantitative estimate of drug-likeness (QED) is 0.845. The van der Waals surface area contributed by atoms with Crippen molar-refractivity contribution >= 4 is 27.7 Å². The first kappa shape index (κ1) is 18.0. The fourth-order valence-corrected chi connectivity index (χ4v) is 3.15. The maximum atomic E-state index is 12.3. The second-order valence-electron chi connectivity index (χ2n) is 6.13. The summed E-state index contributed by atoms with van der Waals surface area (Å²) >= 11 is 3.48. The number of nitrogens with one attached hydrogen (secondary N) is 1. The van der Waals surface area contributed by atoms with E-state index in [0.717, 1.165) is 41.8 Å². The number of carbonyl (C=O) groups is 2. The van der Waals surface area contributed by atoms with Gasteiger partial charge in [0.1, 0.15) is 6.04 Å². The van der Waals surface area contributed by atoms with Crippen molar-refractivity contribution in [3.05, 3.63) is 15.9 Å². The molecule has 1 aromatic heterocycles. The van der Waals surface area contributed by atoms with E-state index < -0.39 is 6.04 Å². The second-order valence-corrected chi connectivity index (χ2v) is 6.93. The summed E-state index contributed by atoms with van der Waals surface area (Å²) in [6.45, 7) is 7.76. The van der Waals surface area contributed by atoms with E-state index in [4.69, 9.17) is 0 Å². The molecule has 1 fully saturated rings. The molecule has 0 spiro atoms. The molecule has 1 saturated heterocycles. The van der Waals surface area contributed by atoms with Crippen molar-refractivity contribution in [2.24, 2.45) is 0 Å². The Hall–Kier alpha value is -1.37. The molecule has 2 amide bonds. The molecule has 0 saturated carbocycles. The van der Waals surface area contributed by atoms with Crippen LogP contribution < -0.4 is 5.32 Å². The molecule has 23 heavy (non-hydrogen) atoms. The van der Waals surface area contributed by atoms with Crippen LogP contribution in [-0.2, 0) is 16.1 Å². The molecule has 0 radical (unpaired) electrons. The lowest BCUT2D eigenvalue weighted by atomic mass is 10.1. The third-order valence-corrected chi connectivity index (χ3v) is 5.41. The number of carbonyl (C=O) groups excluding carboxylic acids is 2. The molecule has 1 atom stereocenters. The maximum Gasteiger partial charge on any atom is 0.244 e. The Balaban J connectivity index is 1.81. The zero-order chi connectivity index (χ0) is 17.0. The standard InChI is InChI=1S/C16H25BrN4O2/c1-11-15(17)13(3)21(19-11)10-7-14(22)18-12(2)16(23)20-8-5-4-6-9-20/h12H,4-10H2,1-3H3,(H,18,22). The van der Waals surface area contributed by atoms with Gasteiger partial charge in [0.2, 0.25) is 11.8 Å². The monoisotopic (exact) mass is 384 g/mol. The SMILES string of the molecule is Cc1nn(CCC(=O)NC(C)C(=O)N2CCCCC2)c(C)c1Br. The average Bonchev–Trinajstić information content (AvgIpc) is 2.80. The molecule has 2 rings (SSSR count). The van der Waals surface area contributed by atoms with Gasteiger partial charge >= 0.3 is 0 Å². The molecule has 0 aliphatic carbocycles. The predicted molar refractivity (Wildman–Crippen MR) is 92.1 cm³/mol. The van der Waals surface area contributed by atoms with Gasteiger partial charge in [-0.2, -0.15) is 5.10 Å². The first-order chi connectivity index (χ1) is 10.9. The van der Waals surface area contributed by atoms with Gasteiger partial charge in [0.25, 0.3) is 0 Å². The second kappa shape index (κ2) is 7.95. The van der Waals surface area contributed by atoms with Gasteiger partial charge in [0.15, 0.2) is 0 Å². The largest absolute Gasteiger partial charge is 0.345 e. The third kappa shape index (κ3) is 4.56. The molecule has 0 bridgehead atoms. The first-order valence-electron chi connectivity index (χ1n) is 8.17. The van der Waals surface area contributed by atoms with Gasteiger partial charge in [-0.25, -0.2) is 0 Å². The number of hydrogen-bond acceptors (Lipinski definition) is 3. The van der Waals surface area contributed by atoms with Crippen LogP contribution in [0, 0.1) is 13.8 Å². The lowest BCUT2D eigenvalue weighted by molar-refractivity contribution is -0.136. The van der Waals surface area contributed by atoms with Crippen LogP contribution in [-0.4, -0.2) is 45.6 Å². The summed E-state index contributed by atoms with van der Waals surface area (Å²) in [7, 11) is 0. The minimum Gasteiger partial charge on any atom is -0.345 e. The number of likely N-dealkylation sites (tertiary alicyclic amines) is 1. The lowest BCUT2D eigenvalue weighted by Gasteiger charge is -2.29. The van der Waals surface area contributed by atoms with Crippen LogP contribution in [0.15, 0.2) is 4.47 Å². The Morgan fingerprint density at radius 3 is 2.48 bits per heavy atom. The lowest BCUT2D eigenvalue weighted by Crippen LogP contribution is -2.48. The minimum absolute atomic E-state index is 0.0203. The Morgan fingerprint density at radius 1 is 1.26 bits per heavy atom. The zero-order valence-electron chi connectivity index (χ0n) is 14.1. The highest BCUT2D eigenvalue weighted by molar-refractivity contribution is 9.10. The summed E-state index contributed by atoms with van der Waals surface area (Å²) < 4.78 is 2.79. The summed E-state index contributed by atoms with van der Waals surface area (Å²) in [5, 5.41) is 7.19. The van der Waals surface area contributed by atoms with Crippen LogP contribution in [0.4, 0.5) is 0 Å². The van der Waals surface area contributed by atoms with Gasteiger partial charge in [-0.15, -0.1) is 0 Å². The number of aryl methyl sites for hydroxylation is 2. The van der Waals surface area contributed by atoms with Gasteiger partial charge in [-0.05, 0) is 56.0 Å². The Morgan fingerprint density at radius 2 is 1.91 bits per heavy atom. The number of aromatic nitrogens is 2. The highest BCUT2D eigenvalue weighted by atomic mass is 79.9. The summed E-state index contributed by atoms with van der Waals surface area (Å²) in [5.74, 6) is -0.0987. The van der Waals surface area contributed by atoms with Crippen LogP contribution in [0.25, 0.3) is 0 Å². The van der Waals surface area contributed by atoms with E-state index in [0.29, 0.717) is 13.0 Å². The summed E-state index contributed by atoms with van der Waals surface area (Å²) in [6, 6.07) is -0.465. The molecular formula is C16H25BrN4O2. The molecule has 1 aromatic rings. The highest BCUT2D eigenvalue weighted by Crippen LogP contribution is 2.19. The molecule has 6 nitrogen and oxygen atoms in total. The predicted octanol–water partition coefficient (Wildman–Crippen LogP) is 2.17. The first-order valence-corrected chi connectivity index (χ1v) is 8.97. The topological polar surface area (TPSA) is 67.2 Å². The van der Waals surface area contributed by atoms with E-state index in [9.17, 15) is 9.59 Å². The van der Waals surface area contributed by atoms with Gasteiger partial charge < -0.3 is 10.2 Å². The molecule has 128 valence electrons. The molecule has 1 unspecified atom stereocenters. The molecule has 1 aliphatic heterocycles. The third-order valence-electron chi connectivity index (χ3n) is 4.26. The molecule has 0 aromatic carbocycles. The maximum absolute atomic E-state index is 12.3. The number of amides is 2. The smallest absolute Gasteiger partial charge is 0.244 e. The van der Waals surface area contributed by atoms with Crippen molar-refractivity contribution in [1.29, 1.82) is 0 Å². The molecule has 2 heterocycles. The van der Waals surface area contributed by atoms with Crippen molar-refractivity contribution in [3.8, 4) is 0 Å².